The Kier molecular flexibility index (Phi) is 5.39. The number of hydrogen-bond acceptors (Lipinski definition) is 5. The van der Waals surface area contributed by atoms with Crippen LogP contribution in [0, 0.1) is 0 Å². The third-order valence-corrected chi connectivity index (χ3v) is 3.62. The van der Waals surface area contributed by atoms with Crippen molar-refractivity contribution in [2.45, 2.75) is 12.3 Å². The van der Waals surface area contributed by atoms with Gasteiger partial charge >= 0.3 is 12.3 Å². The van der Waals surface area contributed by atoms with Gasteiger partial charge in [0.05, 0.1) is 0 Å². The number of carbonyl (C=O) groups excluding carboxylic acids is 1. The summed E-state index contributed by atoms with van der Waals surface area (Å²) >= 11 is 0. The molecule has 1 heterocycles. The fourth-order valence-corrected chi connectivity index (χ4v) is 2.18. The van der Waals surface area contributed by atoms with Gasteiger partial charge in [0.2, 0.25) is 17.7 Å². The van der Waals surface area contributed by atoms with Crippen LogP contribution in [0.15, 0.2) is 58.1 Å². The second kappa shape index (κ2) is 7.79. The molecular formula is C17H8F5N5O3. The molecule has 0 saturated carbocycles. The summed E-state index contributed by atoms with van der Waals surface area (Å²) in [5.41, 5.74) is 9.07. The van der Waals surface area contributed by atoms with Crippen LogP contribution < -0.4 is 4.74 Å². The van der Waals surface area contributed by atoms with E-state index in [4.69, 9.17) is 9.95 Å². The van der Waals surface area contributed by atoms with E-state index in [9.17, 15) is 26.7 Å². The summed E-state index contributed by atoms with van der Waals surface area (Å²) in [6.07, 6.45) is -11.2. The first-order valence-corrected chi connectivity index (χ1v) is 7.88. The highest BCUT2D eigenvalue weighted by Crippen LogP contribution is 2.37. The van der Waals surface area contributed by atoms with Crippen LogP contribution in [0.1, 0.15) is 10.4 Å². The molecule has 1 aromatic heterocycles. The normalized spacial score (nSPS) is 11.6. The van der Waals surface area contributed by atoms with Gasteiger partial charge in [0.25, 0.3) is 0 Å². The summed E-state index contributed by atoms with van der Waals surface area (Å²) in [5.74, 6) is -1.46. The second-order valence-electron chi connectivity index (χ2n) is 5.63. The molecule has 13 heteroatoms. The van der Waals surface area contributed by atoms with Crippen LogP contribution in [0.4, 0.5) is 22.0 Å². The van der Waals surface area contributed by atoms with Crippen LogP contribution in [0.25, 0.3) is 33.4 Å². The van der Waals surface area contributed by atoms with E-state index in [-0.39, 0.29) is 22.9 Å². The molecule has 0 saturated heterocycles. The van der Waals surface area contributed by atoms with Gasteiger partial charge in [0, 0.05) is 21.6 Å². The number of azide groups is 1. The number of hydrogen-bond donors (Lipinski definition) is 0. The minimum Gasteiger partial charge on any atom is -0.426 e. The largest absolute Gasteiger partial charge is 0.499 e. The van der Waals surface area contributed by atoms with Gasteiger partial charge in [0.15, 0.2) is 0 Å². The van der Waals surface area contributed by atoms with Crippen molar-refractivity contribution >= 4 is 5.91 Å². The number of nitrogens with zero attached hydrogens (tertiary/aromatic N) is 5. The van der Waals surface area contributed by atoms with Gasteiger partial charge < -0.3 is 9.15 Å². The first-order valence-electron chi connectivity index (χ1n) is 7.88. The molecular weight excluding hydrogens is 417 g/mol. The molecule has 0 aliphatic carbocycles. The van der Waals surface area contributed by atoms with Crippen molar-refractivity contribution in [3.8, 4) is 28.7 Å². The van der Waals surface area contributed by atoms with Crippen molar-refractivity contribution in [2.24, 2.45) is 5.11 Å². The molecule has 0 bridgehead atoms. The van der Waals surface area contributed by atoms with Crippen LogP contribution in [0.2, 0.25) is 0 Å². The average molecular weight is 425 g/mol. The maximum atomic E-state index is 12.9. The highest BCUT2D eigenvalue weighted by Gasteiger charge is 2.61. The van der Waals surface area contributed by atoms with Gasteiger partial charge in [-0.2, -0.15) is 22.0 Å². The van der Waals surface area contributed by atoms with E-state index in [1.165, 1.54) is 36.4 Å². The Balaban J connectivity index is 1.76. The maximum Gasteiger partial charge on any atom is 0.499 e. The predicted octanol–water partition coefficient (Wildman–Crippen LogP) is 5.39. The molecule has 0 aliphatic rings. The van der Waals surface area contributed by atoms with Gasteiger partial charge in [-0.05, 0) is 47.0 Å². The van der Waals surface area contributed by atoms with E-state index < -0.39 is 23.9 Å². The highest BCUT2D eigenvalue weighted by molar-refractivity contribution is 5.95. The number of amides is 1. The molecule has 8 nitrogen and oxygen atoms in total. The third-order valence-electron chi connectivity index (χ3n) is 3.62. The molecule has 154 valence electrons. The second-order valence-corrected chi connectivity index (χ2v) is 5.63. The lowest BCUT2D eigenvalue weighted by Gasteiger charge is -2.20. The SMILES string of the molecule is [N-]=[N+]=NC(=O)c1ccc(-c2nnc(-c3ccc(OC(F)(F)C(F)(F)F)cc3)o2)cc1. The van der Waals surface area contributed by atoms with Gasteiger partial charge in [0.1, 0.15) is 5.75 Å². The molecule has 0 atom stereocenters. The summed E-state index contributed by atoms with van der Waals surface area (Å²) in [7, 11) is 0. The van der Waals surface area contributed by atoms with Gasteiger partial charge in [-0.1, -0.05) is 12.1 Å². The zero-order valence-electron chi connectivity index (χ0n) is 14.5. The number of halogens is 5. The lowest BCUT2D eigenvalue weighted by molar-refractivity contribution is -0.360. The Morgan fingerprint density at radius 1 is 0.933 bits per heavy atom. The van der Waals surface area contributed by atoms with Crippen LogP contribution >= 0.6 is 0 Å². The molecule has 2 aromatic carbocycles. The molecule has 3 rings (SSSR count). The van der Waals surface area contributed by atoms with Crippen molar-refractivity contribution in [3.63, 3.8) is 0 Å². The molecule has 0 unspecified atom stereocenters. The van der Waals surface area contributed by atoms with Gasteiger partial charge in [-0.15, -0.1) is 10.2 Å². The number of carbonyl (C=O) groups is 1. The summed E-state index contributed by atoms with van der Waals surface area (Å²) in [6.45, 7) is 0. The monoisotopic (exact) mass is 425 g/mol. The van der Waals surface area contributed by atoms with E-state index in [1.54, 1.807) is 0 Å². The molecule has 0 spiro atoms. The maximum absolute atomic E-state index is 12.9. The Hall–Kier alpha value is -3.99. The van der Waals surface area contributed by atoms with Crippen molar-refractivity contribution in [3.05, 3.63) is 64.5 Å². The molecule has 0 fully saturated rings. The number of benzene rings is 2. The van der Waals surface area contributed by atoms with E-state index in [2.05, 4.69) is 25.0 Å². The topological polar surface area (TPSA) is 114 Å². The van der Waals surface area contributed by atoms with E-state index in [0.717, 1.165) is 12.1 Å². The molecule has 30 heavy (non-hydrogen) atoms. The lowest BCUT2D eigenvalue weighted by Crippen LogP contribution is -2.41. The summed E-state index contributed by atoms with van der Waals surface area (Å²) in [6, 6.07) is 9.82. The van der Waals surface area contributed by atoms with Crippen molar-refractivity contribution in [1.29, 1.82) is 0 Å². The van der Waals surface area contributed by atoms with Crippen LogP contribution in [0.5, 0.6) is 5.75 Å². The van der Waals surface area contributed by atoms with Gasteiger partial charge in [-0.3, -0.25) is 4.79 Å². The van der Waals surface area contributed by atoms with Crippen LogP contribution in [-0.2, 0) is 0 Å². The Morgan fingerprint density at radius 2 is 1.43 bits per heavy atom. The predicted molar refractivity (Wildman–Crippen MR) is 90.3 cm³/mol. The van der Waals surface area contributed by atoms with E-state index in [0.29, 0.717) is 5.56 Å². The Bertz CT molecular complexity index is 1100. The number of rotatable bonds is 5. The molecule has 1 amide bonds. The molecule has 0 aliphatic heterocycles. The minimum absolute atomic E-state index is 0.0339. The zero-order valence-corrected chi connectivity index (χ0v) is 14.5. The average Bonchev–Trinajstić information content (AvgIpc) is 3.18. The first-order chi connectivity index (χ1) is 14.1. The van der Waals surface area contributed by atoms with Crippen LogP contribution in [-0.4, -0.2) is 28.4 Å². The fourth-order valence-electron chi connectivity index (χ4n) is 2.18. The van der Waals surface area contributed by atoms with Crippen molar-refractivity contribution in [1.82, 2.24) is 10.2 Å². The quantitative estimate of drug-likeness (QED) is 0.235. The third kappa shape index (κ3) is 4.36. The number of aromatic nitrogens is 2. The highest BCUT2D eigenvalue weighted by atomic mass is 19.4. The smallest absolute Gasteiger partial charge is 0.426 e. The number of alkyl halides is 5. The van der Waals surface area contributed by atoms with Crippen LogP contribution in [0.3, 0.4) is 0 Å². The standard InChI is InChI=1S/C17H8F5N5O3/c18-16(19,20)17(21,22)30-12-7-5-11(6-8-12)15-26-25-14(29-15)10-3-1-9(2-4-10)13(28)24-27-23/h1-8H. The van der Waals surface area contributed by atoms with E-state index >= 15 is 0 Å². The number of ether oxygens (including phenoxy) is 1. The zero-order chi connectivity index (χ0) is 21.9. The summed E-state index contributed by atoms with van der Waals surface area (Å²) < 4.78 is 71.5. The minimum atomic E-state index is -5.85. The first kappa shape index (κ1) is 20.7. The van der Waals surface area contributed by atoms with Crippen molar-refractivity contribution in [2.75, 3.05) is 0 Å². The molecule has 0 N–H and O–H groups in total. The molecule has 3 aromatic rings. The summed E-state index contributed by atoms with van der Waals surface area (Å²) in [5, 5.41) is 10.5. The van der Waals surface area contributed by atoms with E-state index in [1.807, 2.05) is 0 Å². The molecule has 0 radical (unpaired) electrons. The van der Waals surface area contributed by atoms with Crippen molar-refractivity contribution < 1.29 is 35.9 Å². The fraction of sp³-hybridized carbons (Fsp3) is 0.118. The lowest BCUT2D eigenvalue weighted by atomic mass is 10.1. The Labute approximate surface area is 163 Å². The Morgan fingerprint density at radius 3 is 1.90 bits per heavy atom. The van der Waals surface area contributed by atoms with Gasteiger partial charge in [-0.25, -0.2) is 0 Å². The summed E-state index contributed by atoms with van der Waals surface area (Å²) in [4.78, 5) is 13.9.